The highest BCUT2D eigenvalue weighted by Crippen LogP contribution is 2.62. The Labute approximate surface area is 178 Å². The number of carbonyl (C=O) groups excluding carboxylic acids is 1. The highest BCUT2D eigenvalue weighted by molar-refractivity contribution is 7.81. The zero-order valence-electron chi connectivity index (χ0n) is 18.0. The molecule has 2 saturated carbocycles. The van der Waals surface area contributed by atoms with Gasteiger partial charge in [-0.3, -0.25) is 9.35 Å². The third-order valence-corrected chi connectivity index (χ3v) is 8.16. The summed E-state index contributed by atoms with van der Waals surface area (Å²) in [5.41, 5.74) is -1.10. The third kappa shape index (κ3) is 4.09. The number of benzene rings is 1. The van der Waals surface area contributed by atoms with Crippen LogP contribution in [0, 0.1) is 22.7 Å². The van der Waals surface area contributed by atoms with E-state index in [1.54, 1.807) is 6.92 Å². The molecule has 2 aliphatic carbocycles. The third-order valence-electron chi connectivity index (χ3n) is 7.77. The Morgan fingerprint density at radius 2 is 1.83 bits per heavy atom. The van der Waals surface area contributed by atoms with Crippen LogP contribution in [0.3, 0.4) is 0 Å². The molecule has 0 spiro atoms. The molecule has 0 amide bonds. The summed E-state index contributed by atoms with van der Waals surface area (Å²) in [6.45, 7) is 8.46. The maximum atomic E-state index is 11.7. The smallest absolute Gasteiger partial charge is 0.446 e. The molecule has 8 heteroatoms. The van der Waals surface area contributed by atoms with Crippen LogP contribution < -0.4 is 4.18 Å². The minimum atomic E-state index is -4.82. The molecule has 3 N–H and O–H groups in total. The van der Waals surface area contributed by atoms with Gasteiger partial charge in [0.25, 0.3) is 0 Å². The van der Waals surface area contributed by atoms with Crippen LogP contribution >= 0.6 is 0 Å². The molecule has 1 aromatic carbocycles. The van der Waals surface area contributed by atoms with Crippen LogP contribution in [0.2, 0.25) is 0 Å². The summed E-state index contributed by atoms with van der Waals surface area (Å²) in [4.78, 5) is 11.7. The van der Waals surface area contributed by atoms with Gasteiger partial charge in [-0.2, -0.15) is 8.42 Å². The van der Waals surface area contributed by atoms with Crippen molar-refractivity contribution in [3.8, 4) is 11.5 Å². The molecule has 0 radical (unpaired) electrons. The quantitative estimate of drug-likeness (QED) is 0.468. The summed E-state index contributed by atoms with van der Waals surface area (Å²) in [6, 6.07) is 2.37. The van der Waals surface area contributed by atoms with E-state index in [2.05, 4.69) is 20.8 Å². The van der Waals surface area contributed by atoms with Crippen molar-refractivity contribution >= 4 is 16.7 Å². The van der Waals surface area contributed by atoms with Crippen molar-refractivity contribution in [2.45, 2.75) is 71.8 Å². The Hall–Kier alpha value is -1.64. The van der Waals surface area contributed by atoms with Gasteiger partial charge in [0.1, 0.15) is 11.5 Å². The van der Waals surface area contributed by atoms with Gasteiger partial charge in [-0.15, -0.1) is 0 Å². The summed E-state index contributed by atoms with van der Waals surface area (Å²) in [5.74, 6) is -0.461. The Morgan fingerprint density at radius 3 is 2.43 bits per heavy atom. The summed E-state index contributed by atoms with van der Waals surface area (Å²) in [5, 5.41) is 21.6. The van der Waals surface area contributed by atoms with E-state index in [4.69, 9.17) is 4.18 Å². The van der Waals surface area contributed by atoms with Crippen molar-refractivity contribution < 1.29 is 32.2 Å². The number of fused-ring (bicyclic) bond motifs is 1. The van der Waals surface area contributed by atoms with Crippen LogP contribution in [0.4, 0.5) is 0 Å². The molecule has 1 aromatic rings. The van der Waals surface area contributed by atoms with Gasteiger partial charge in [0.15, 0.2) is 6.29 Å². The molecule has 30 heavy (non-hydrogen) atoms. The zero-order chi connectivity index (χ0) is 22.5. The fraction of sp³-hybridized carbons (Fsp3) is 0.682. The summed E-state index contributed by atoms with van der Waals surface area (Å²) < 4.78 is 36.7. The first kappa shape index (κ1) is 23.0. The fourth-order valence-corrected chi connectivity index (χ4v) is 6.83. The molecular weight excluding hydrogens is 408 g/mol. The lowest BCUT2D eigenvalue weighted by atomic mass is 9.45. The minimum absolute atomic E-state index is 0.0901. The molecule has 2 fully saturated rings. The molecule has 0 aliphatic heterocycles. The lowest BCUT2D eigenvalue weighted by molar-refractivity contribution is -0.166. The van der Waals surface area contributed by atoms with E-state index in [1.165, 1.54) is 6.07 Å². The fourth-order valence-electron chi connectivity index (χ4n) is 6.45. The Bertz CT molecular complexity index is 935. The second-order valence-electron chi connectivity index (χ2n) is 10.2. The number of aliphatic hydroxyl groups is 1. The van der Waals surface area contributed by atoms with Gasteiger partial charge < -0.3 is 14.4 Å². The number of phenols is 1. The monoisotopic (exact) mass is 440 g/mol. The number of rotatable bonds is 5. The normalized spacial score (nSPS) is 33.5. The first-order chi connectivity index (χ1) is 13.7. The van der Waals surface area contributed by atoms with Gasteiger partial charge in [0.2, 0.25) is 0 Å². The van der Waals surface area contributed by atoms with Crippen LogP contribution in [0.1, 0.15) is 75.7 Å². The first-order valence-electron chi connectivity index (χ1n) is 10.4. The van der Waals surface area contributed by atoms with Crippen LogP contribution in [0.5, 0.6) is 11.5 Å². The Balaban J connectivity index is 2.13. The van der Waals surface area contributed by atoms with E-state index in [-0.39, 0.29) is 45.8 Å². The average Bonchev–Trinajstić information content (AvgIpc) is 2.58. The van der Waals surface area contributed by atoms with Crippen molar-refractivity contribution in [1.29, 1.82) is 0 Å². The van der Waals surface area contributed by atoms with E-state index in [0.29, 0.717) is 18.6 Å². The number of hydrogen-bond acceptors (Lipinski definition) is 6. The largest absolute Gasteiger partial charge is 0.507 e. The molecule has 0 bridgehead atoms. The lowest BCUT2D eigenvalue weighted by Crippen LogP contribution is -2.58. The van der Waals surface area contributed by atoms with E-state index in [0.717, 1.165) is 31.7 Å². The molecule has 3 rings (SSSR count). The predicted molar refractivity (Wildman–Crippen MR) is 112 cm³/mol. The molecule has 7 nitrogen and oxygen atoms in total. The van der Waals surface area contributed by atoms with Crippen molar-refractivity contribution in [1.82, 2.24) is 0 Å². The molecule has 0 heterocycles. The minimum Gasteiger partial charge on any atom is -0.507 e. The number of aromatic hydroxyl groups is 1. The van der Waals surface area contributed by atoms with E-state index >= 15 is 0 Å². The average molecular weight is 441 g/mol. The number of carbonyl (C=O) groups is 1. The van der Waals surface area contributed by atoms with Crippen molar-refractivity contribution in [2.75, 3.05) is 0 Å². The van der Waals surface area contributed by atoms with Gasteiger partial charge in [0, 0.05) is 5.56 Å². The molecule has 168 valence electrons. The molecule has 4 atom stereocenters. The maximum Gasteiger partial charge on any atom is 0.446 e. The second kappa shape index (κ2) is 7.50. The summed E-state index contributed by atoms with van der Waals surface area (Å²) >= 11 is 0. The molecule has 0 aromatic heterocycles. The molecular formula is C22H32O7S. The van der Waals surface area contributed by atoms with Crippen LogP contribution in [-0.4, -0.2) is 35.1 Å². The van der Waals surface area contributed by atoms with E-state index < -0.39 is 16.0 Å². The number of hydrogen-bond donors (Lipinski definition) is 3. The Morgan fingerprint density at radius 1 is 1.17 bits per heavy atom. The second-order valence-corrected chi connectivity index (χ2v) is 11.2. The molecule has 2 aliphatic rings. The zero-order valence-corrected chi connectivity index (χ0v) is 18.8. The van der Waals surface area contributed by atoms with Crippen LogP contribution in [-0.2, 0) is 16.8 Å². The van der Waals surface area contributed by atoms with Crippen LogP contribution in [0.25, 0.3) is 0 Å². The number of phenolic OH excluding ortho intramolecular Hbond substituents is 1. The summed E-state index contributed by atoms with van der Waals surface area (Å²) in [6.07, 6.45) is 5.10. The highest BCUT2D eigenvalue weighted by atomic mass is 32.3. The molecule has 0 unspecified atom stereocenters. The Kier molecular flexibility index (Phi) is 5.76. The maximum absolute atomic E-state index is 11.7. The summed E-state index contributed by atoms with van der Waals surface area (Å²) in [7, 11) is -4.82. The van der Waals surface area contributed by atoms with Crippen molar-refractivity contribution in [3.63, 3.8) is 0 Å². The van der Waals surface area contributed by atoms with E-state index in [9.17, 15) is 28.0 Å². The van der Waals surface area contributed by atoms with Crippen molar-refractivity contribution in [2.24, 2.45) is 22.7 Å². The topological polar surface area (TPSA) is 121 Å². The van der Waals surface area contributed by atoms with E-state index in [1.807, 2.05) is 0 Å². The predicted octanol–water partition coefficient (Wildman–Crippen LogP) is 3.92. The van der Waals surface area contributed by atoms with Crippen molar-refractivity contribution in [3.05, 3.63) is 23.3 Å². The van der Waals surface area contributed by atoms with Gasteiger partial charge >= 0.3 is 10.4 Å². The van der Waals surface area contributed by atoms with Gasteiger partial charge in [0.05, 0.1) is 11.2 Å². The van der Waals surface area contributed by atoms with Gasteiger partial charge in [-0.1, -0.05) is 27.2 Å². The van der Waals surface area contributed by atoms with Crippen LogP contribution in [0.15, 0.2) is 12.1 Å². The van der Waals surface area contributed by atoms with Gasteiger partial charge in [-0.05, 0) is 73.8 Å². The standard InChI is InChI=1S/C22H32O7S/c1-20(2)9-5-10-21(3)18(20)8-11-22(4,25)19(21)12-14-15(13-23)16(24)6-7-17(14)29-30(26,27)28/h6-7,13,18-19,24-25H,5,8-12H2,1-4H3,(H,26,27,28)/t18-,19+,21-,22+/m0/s1. The van der Waals surface area contributed by atoms with Gasteiger partial charge in [-0.25, -0.2) is 0 Å². The first-order valence-corrected chi connectivity index (χ1v) is 11.8. The lowest BCUT2D eigenvalue weighted by Gasteiger charge is -2.61. The highest BCUT2D eigenvalue weighted by Gasteiger charge is 2.58. The molecule has 0 saturated heterocycles. The number of aldehydes is 1. The SMILES string of the molecule is CC1(C)CCC[C@]2(C)[C@@H](Cc3c(OS(=O)(=O)O)ccc(O)c3C=O)[C@](C)(O)CC[C@@H]12.